The predicted molar refractivity (Wildman–Crippen MR) is 93.5 cm³/mol. The molecule has 1 aliphatic heterocycles. The van der Waals surface area contributed by atoms with Gasteiger partial charge in [0, 0.05) is 25.6 Å². The number of likely N-dealkylation sites (tertiary alicyclic amines) is 1. The van der Waals surface area contributed by atoms with Crippen LogP contribution in [0.1, 0.15) is 17.0 Å². The van der Waals surface area contributed by atoms with Gasteiger partial charge in [0.2, 0.25) is 0 Å². The van der Waals surface area contributed by atoms with Crippen LogP contribution in [0.25, 0.3) is 0 Å². The molecule has 0 saturated carbocycles. The molecule has 0 aromatic heterocycles. The molecule has 116 valence electrons. The molecule has 1 fully saturated rings. The lowest BCUT2D eigenvalue weighted by Gasteiger charge is -2.17. The van der Waals surface area contributed by atoms with Crippen molar-refractivity contribution in [2.45, 2.75) is 12.5 Å². The van der Waals surface area contributed by atoms with E-state index in [2.05, 4.69) is 41.3 Å². The number of halogens is 2. The lowest BCUT2D eigenvalue weighted by Crippen LogP contribution is -2.23. The molecule has 1 saturated heterocycles. The summed E-state index contributed by atoms with van der Waals surface area (Å²) in [5.74, 6) is 0.879. The van der Waals surface area contributed by atoms with E-state index in [0.717, 1.165) is 19.6 Å². The molecule has 4 heteroatoms. The van der Waals surface area contributed by atoms with E-state index in [1.807, 2.05) is 12.1 Å². The average Bonchev–Trinajstić information content (AvgIpc) is 2.94. The van der Waals surface area contributed by atoms with Gasteiger partial charge in [-0.15, -0.1) is 0 Å². The van der Waals surface area contributed by atoms with Crippen molar-refractivity contribution in [2.75, 3.05) is 19.6 Å². The second kappa shape index (κ2) is 7.01. The molecule has 0 spiro atoms. The fourth-order valence-electron chi connectivity index (χ4n) is 3.29. The fourth-order valence-corrected chi connectivity index (χ4v) is 3.60. The van der Waals surface area contributed by atoms with Crippen molar-refractivity contribution >= 4 is 23.2 Å². The second-order valence-corrected chi connectivity index (χ2v) is 6.77. The number of hydrogen-bond acceptors (Lipinski definition) is 2. The van der Waals surface area contributed by atoms with Gasteiger partial charge in [-0.3, -0.25) is 4.90 Å². The van der Waals surface area contributed by atoms with Crippen LogP contribution in [0.4, 0.5) is 0 Å². The zero-order valence-electron chi connectivity index (χ0n) is 12.4. The summed E-state index contributed by atoms with van der Waals surface area (Å²) >= 11 is 12.2. The lowest BCUT2D eigenvalue weighted by atomic mass is 9.89. The van der Waals surface area contributed by atoms with Gasteiger partial charge in [0.1, 0.15) is 0 Å². The van der Waals surface area contributed by atoms with E-state index >= 15 is 0 Å². The number of benzene rings is 2. The third kappa shape index (κ3) is 3.47. The maximum Gasteiger partial charge on any atom is 0.0595 e. The third-order valence-corrected chi connectivity index (χ3v) is 5.18. The molecule has 2 aromatic carbocycles. The van der Waals surface area contributed by atoms with Crippen LogP contribution in [-0.2, 0) is 6.54 Å². The molecular formula is C18H20Cl2N2. The predicted octanol–water partition coefficient (Wildman–Crippen LogP) is 4.17. The van der Waals surface area contributed by atoms with E-state index in [4.69, 9.17) is 28.9 Å². The Balaban J connectivity index is 1.75. The minimum Gasteiger partial charge on any atom is -0.330 e. The Kier molecular flexibility index (Phi) is 5.04. The molecule has 0 unspecified atom stereocenters. The highest BCUT2D eigenvalue weighted by Gasteiger charge is 2.32. The zero-order valence-corrected chi connectivity index (χ0v) is 13.9. The van der Waals surface area contributed by atoms with Crippen LogP contribution in [0, 0.1) is 5.92 Å². The summed E-state index contributed by atoms with van der Waals surface area (Å²) in [5, 5.41) is 1.23. The van der Waals surface area contributed by atoms with Gasteiger partial charge >= 0.3 is 0 Å². The minimum absolute atomic E-state index is 0.420. The van der Waals surface area contributed by atoms with E-state index in [9.17, 15) is 0 Å². The van der Waals surface area contributed by atoms with Crippen molar-refractivity contribution in [3.05, 3.63) is 69.7 Å². The summed E-state index contributed by atoms with van der Waals surface area (Å²) in [5.41, 5.74) is 8.58. The summed E-state index contributed by atoms with van der Waals surface area (Å²) in [4.78, 5) is 2.47. The van der Waals surface area contributed by atoms with Crippen molar-refractivity contribution < 1.29 is 0 Å². The number of hydrogen-bond donors (Lipinski definition) is 1. The molecule has 0 amide bonds. The maximum atomic E-state index is 6.17. The monoisotopic (exact) mass is 334 g/mol. The molecule has 1 aliphatic rings. The molecule has 2 atom stereocenters. The molecule has 0 radical (unpaired) electrons. The summed E-state index contributed by atoms with van der Waals surface area (Å²) in [7, 11) is 0. The van der Waals surface area contributed by atoms with E-state index in [1.165, 1.54) is 11.1 Å². The number of rotatable bonds is 4. The van der Waals surface area contributed by atoms with E-state index in [1.54, 1.807) is 0 Å². The maximum absolute atomic E-state index is 6.17. The van der Waals surface area contributed by atoms with Crippen LogP contribution in [0.15, 0.2) is 48.5 Å². The zero-order chi connectivity index (χ0) is 15.5. The van der Waals surface area contributed by atoms with Crippen molar-refractivity contribution in [1.82, 2.24) is 4.90 Å². The molecular weight excluding hydrogens is 315 g/mol. The van der Waals surface area contributed by atoms with Gasteiger partial charge in [-0.25, -0.2) is 0 Å². The Morgan fingerprint density at radius 2 is 1.77 bits per heavy atom. The first-order chi connectivity index (χ1) is 10.7. The Bertz CT molecular complexity index is 630. The van der Waals surface area contributed by atoms with Crippen LogP contribution in [0.2, 0.25) is 10.0 Å². The smallest absolute Gasteiger partial charge is 0.0595 e. The van der Waals surface area contributed by atoms with E-state index < -0.39 is 0 Å². The van der Waals surface area contributed by atoms with Crippen LogP contribution in [-0.4, -0.2) is 24.5 Å². The summed E-state index contributed by atoms with van der Waals surface area (Å²) in [6.07, 6.45) is 0. The molecule has 22 heavy (non-hydrogen) atoms. The summed E-state index contributed by atoms with van der Waals surface area (Å²) in [6.45, 7) is 3.69. The highest BCUT2D eigenvalue weighted by atomic mass is 35.5. The largest absolute Gasteiger partial charge is 0.330 e. The number of nitrogens with two attached hydrogens (primary N) is 1. The minimum atomic E-state index is 0.420. The molecule has 0 bridgehead atoms. The first-order valence-electron chi connectivity index (χ1n) is 7.58. The highest BCUT2D eigenvalue weighted by Crippen LogP contribution is 2.35. The summed E-state index contributed by atoms with van der Waals surface area (Å²) < 4.78 is 0. The van der Waals surface area contributed by atoms with Crippen molar-refractivity contribution in [3.63, 3.8) is 0 Å². The van der Waals surface area contributed by atoms with Gasteiger partial charge in [0.25, 0.3) is 0 Å². The average molecular weight is 335 g/mol. The first kappa shape index (κ1) is 15.8. The van der Waals surface area contributed by atoms with Gasteiger partial charge in [0.15, 0.2) is 0 Å². The Morgan fingerprint density at radius 3 is 2.45 bits per heavy atom. The SMILES string of the molecule is NC[C@@H]1CN(Cc2ccccc2)C[C@@H]1c1ccc(Cl)c(Cl)c1. The van der Waals surface area contributed by atoms with E-state index in [-0.39, 0.29) is 0 Å². The molecule has 2 nitrogen and oxygen atoms in total. The normalized spacial score (nSPS) is 22.1. The fraction of sp³-hybridized carbons (Fsp3) is 0.333. The van der Waals surface area contributed by atoms with Crippen molar-refractivity contribution in [1.29, 1.82) is 0 Å². The van der Waals surface area contributed by atoms with Gasteiger partial charge in [-0.2, -0.15) is 0 Å². The molecule has 2 N–H and O–H groups in total. The van der Waals surface area contributed by atoms with Crippen LogP contribution in [0.3, 0.4) is 0 Å². The first-order valence-corrected chi connectivity index (χ1v) is 8.34. The number of nitrogens with zero attached hydrogens (tertiary/aromatic N) is 1. The van der Waals surface area contributed by atoms with Crippen LogP contribution >= 0.6 is 23.2 Å². The summed E-state index contributed by atoms with van der Waals surface area (Å²) in [6, 6.07) is 16.5. The Labute approximate surface area is 141 Å². The van der Waals surface area contributed by atoms with Crippen LogP contribution < -0.4 is 5.73 Å². The molecule has 3 rings (SSSR count). The molecule has 1 heterocycles. The topological polar surface area (TPSA) is 29.3 Å². The van der Waals surface area contributed by atoms with Gasteiger partial charge in [-0.05, 0) is 35.7 Å². The Morgan fingerprint density at radius 1 is 1.00 bits per heavy atom. The highest BCUT2D eigenvalue weighted by molar-refractivity contribution is 6.42. The van der Waals surface area contributed by atoms with Gasteiger partial charge in [0.05, 0.1) is 10.0 Å². The Hall–Kier alpha value is -1.06. The third-order valence-electron chi connectivity index (χ3n) is 4.44. The molecule has 0 aliphatic carbocycles. The van der Waals surface area contributed by atoms with E-state index in [0.29, 0.717) is 28.4 Å². The van der Waals surface area contributed by atoms with Gasteiger partial charge in [-0.1, -0.05) is 59.6 Å². The van der Waals surface area contributed by atoms with Crippen molar-refractivity contribution in [2.24, 2.45) is 11.7 Å². The lowest BCUT2D eigenvalue weighted by molar-refractivity contribution is 0.317. The standard InChI is InChI=1S/C18H20Cl2N2/c19-17-7-6-14(8-18(17)20)16-12-22(11-15(16)9-21)10-13-4-2-1-3-5-13/h1-8,15-16H,9-12,21H2/t15-,16-/m1/s1. The van der Waals surface area contributed by atoms with Gasteiger partial charge < -0.3 is 5.73 Å². The van der Waals surface area contributed by atoms with Crippen molar-refractivity contribution in [3.8, 4) is 0 Å². The second-order valence-electron chi connectivity index (χ2n) is 5.96. The quantitative estimate of drug-likeness (QED) is 0.909. The molecule has 2 aromatic rings. The van der Waals surface area contributed by atoms with Crippen LogP contribution in [0.5, 0.6) is 0 Å².